The third-order valence-electron chi connectivity index (χ3n) is 3.22. The van der Waals surface area contributed by atoms with Crippen molar-refractivity contribution in [1.29, 1.82) is 0 Å². The Balaban J connectivity index is 2.85. The highest BCUT2D eigenvalue weighted by Gasteiger charge is 2.28. The van der Waals surface area contributed by atoms with Gasteiger partial charge in [0.25, 0.3) is 0 Å². The summed E-state index contributed by atoms with van der Waals surface area (Å²) in [5, 5.41) is 0. The summed E-state index contributed by atoms with van der Waals surface area (Å²) in [6, 6.07) is 10.5. The quantitative estimate of drug-likeness (QED) is 0.696. The van der Waals surface area contributed by atoms with Crippen LogP contribution in [0.5, 0.6) is 0 Å². The molecule has 0 atom stereocenters. The maximum atomic E-state index is 11.0. The second-order valence-corrected chi connectivity index (χ2v) is 6.36. The monoisotopic (exact) mass is 244 g/mol. The van der Waals surface area contributed by atoms with Gasteiger partial charge in [0, 0.05) is 0 Å². The van der Waals surface area contributed by atoms with Crippen molar-refractivity contribution in [3.63, 3.8) is 0 Å². The lowest BCUT2D eigenvalue weighted by atomic mass is 9.71. The van der Waals surface area contributed by atoms with Crippen molar-refractivity contribution < 1.29 is 4.79 Å². The Hall–Kier alpha value is -1.37. The molecule has 0 radical (unpaired) electrons. The maximum absolute atomic E-state index is 11.0. The fourth-order valence-corrected chi connectivity index (χ4v) is 2.53. The molecule has 0 amide bonds. The Labute approximate surface area is 111 Å². The standard InChI is InChI=1S/C17H24O/c1-14(18)11-12-16(2,3)13-17(4,5)15-9-7-6-8-10-15/h6-12H,13H2,1-5H3. The van der Waals surface area contributed by atoms with Crippen molar-refractivity contribution in [2.45, 2.75) is 46.5 Å². The summed E-state index contributed by atoms with van der Waals surface area (Å²) in [5.74, 6) is 0.112. The number of hydrogen-bond donors (Lipinski definition) is 0. The Morgan fingerprint density at radius 1 is 1.11 bits per heavy atom. The molecular weight excluding hydrogens is 220 g/mol. The van der Waals surface area contributed by atoms with Crippen LogP contribution in [0.15, 0.2) is 42.5 Å². The first kappa shape index (κ1) is 14.7. The highest BCUT2D eigenvalue weighted by molar-refractivity contribution is 5.87. The molecule has 0 saturated carbocycles. The van der Waals surface area contributed by atoms with Gasteiger partial charge in [-0.2, -0.15) is 0 Å². The molecule has 0 N–H and O–H groups in total. The van der Waals surface area contributed by atoms with Crippen LogP contribution in [0.4, 0.5) is 0 Å². The molecule has 1 heteroatoms. The van der Waals surface area contributed by atoms with Gasteiger partial charge in [-0.1, -0.05) is 64.1 Å². The second kappa shape index (κ2) is 5.51. The van der Waals surface area contributed by atoms with Crippen LogP contribution in [0.2, 0.25) is 0 Å². The molecule has 0 aromatic heterocycles. The minimum absolute atomic E-state index is 0.0189. The average molecular weight is 244 g/mol. The zero-order valence-electron chi connectivity index (χ0n) is 12.2. The molecule has 98 valence electrons. The molecule has 1 aromatic carbocycles. The van der Waals surface area contributed by atoms with Gasteiger partial charge in [0.05, 0.1) is 0 Å². The largest absolute Gasteiger partial charge is 0.295 e. The minimum atomic E-state index is 0.0189. The summed E-state index contributed by atoms with van der Waals surface area (Å²) in [7, 11) is 0. The van der Waals surface area contributed by atoms with Gasteiger partial charge in [-0.05, 0) is 35.8 Å². The summed E-state index contributed by atoms with van der Waals surface area (Å²) in [6.45, 7) is 10.5. The van der Waals surface area contributed by atoms with E-state index in [4.69, 9.17) is 0 Å². The smallest absolute Gasteiger partial charge is 0.152 e. The van der Waals surface area contributed by atoms with Gasteiger partial charge in [-0.3, -0.25) is 4.79 Å². The number of allylic oxidation sites excluding steroid dienone is 2. The SMILES string of the molecule is CC(=O)C=CC(C)(C)CC(C)(C)c1ccccc1. The number of carbonyl (C=O) groups excluding carboxylic acids is 1. The molecule has 0 aliphatic rings. The number of rotatable bonds is 5. The van der Waals surface area contributed by atoms with Crippen LogP contribution >= 0.6 is 0 Å². The van der Waals surface area contributed by atoms with Crippen molar-refractivity contribution in [2.75, 3.05) is 0 Å². The Kier molecular flexibility index (Phi) is 4.50. The fraction of sp³-hybridized carbons (Fsp3) is 0.471. The molecule has 0 spiro atoms. The molecule has 0 saturated heterocycles. The maximum Gasteiger partial charge on any atom is 0.152 e. The first-order chi connectivity index (χ1) is 8.23. The molecular formula is C17H24O. The van der Waals surface area contributed by atoms with E-state index in [1.807, 2.05) is 12.1 Å². The summed E-state index contributed by atoms with van der Waals surface area (Å²) in [6.07, 6.45) is 4.72. The van der Waals surface area contributed by atoms with E-state index in [1.54, 1.807) is 13.0 Å². The van der Waals surface area contributed by atoms with Crippen LogP contribution in [0.1, 0.15) is 46.6 Å². The van der Waals surface area contributed by atoms with E-state index in [-0.39, 0.29) is 16.6 Å². The minimum Gasteiger partial charge on any atom is -0.295 e. The predicted molar refractivity (Wildman–Crippen MR) is 77.7 cm³/mol. The normalized spacial score (nSPS) is 12.9. The van der Waals surface area contributed by atoms with Crippen LogP contribution in [0.25, 0.3) is 0 Å². The van der Waals surface area contributed by atoms with E-state index < -0.39 is 0 Å². The van der Waals surface area contributed by atoms with Crippen molar-refractivity contribution in [1.82, 2.24) is 0 Å². The van der Waals surface area contributed by atoms with E-state index >= 15 is 0 Å². The molecule has 18 heavy (non-hydrogen) atoms. The third-order valence-corrected chi connectivity index (χ3v) is 3.22. The van der Waals surface area contributed by atoms with Crippen molar-refractivity contribution >= 4 is 5.78 Å². The van der Waals surface area contributed by atoms with Crippen molar-refractivity contribution in [3.05, 3.63) is 48.0 Å². The molecule has 1 rings (SSSR count). The van der Waals surface area contributed by atoms with Gasteiger partial charge >= 0.3 is 0 Å². The molecule has 0 unspecified atom stereocenters. The summed E-state index contributed by atoms with van der Waals surface area (Å²) >= 11 is 0. The van der Waals surface area contributed by atoms with Crippen molar-refractivity contribution in [3.8, 4) is 0 Å². The lowest BCUT2D eigenvalue weighted by Crippen LogP contribution is -2.25. The lowest BCUT2D eigenvalue weighted by molar-refractivity contribution is -0.112. The molecule has 1 nitrogen and oxygen atoms in total. The van der Waals surface area contributed by atoms with E-state index in [0.29, 0.717) is 0 Å². The number of benzene rings is 1. The van der Waals surface area contributed by atoms with Crippen molar-refractivity contribution in [2.24, 2.45) is 5.41 Å². The second-order valence-electron chi connectivity index (χ2n) is 6.36. The first-order valence-corrected chi connectivity index (χ1v) is 6.48. The zero-order valence-corrected chi connectivity index (χ0v) is 12.2. The van der Waals surface area contributed by atoms with Crippen LogP contribution in [-0.2, 0) is 10.2 Å². The van der Waals surface area contributed by atoms with E-state index in [0.717, 1.165) is 6.42 Å². The van der Waals surface area contributed by atoms with Gasteiger partial charge in [0.2, 0.25) is 0 Å². The Morgan fingerprint density at radius 2 is 1.67 bits per heavy atom. The molecule has 0 aliphatic heterocycles. The number of ketones is 1. The summed E-state index contributed by atoms with van der Waals surface area (Å²) in [5.41, 5.74) is 1.46. The Bertz CT molecular complexity index is 424. The molecule has 0 bridgehead atoms. The predicted octanol–water partition coefficient (Wildman–Crippen LogP) is 4.53. The lowest BCUT2D eigenvalue weighted by Gasteiger charge is -2.33. The zero-order chi connectivity index (χ0) is 13.8. The van der Waals surface area contributed by atoms with Gasteiger partial charge in [-0.25, -0.2) is 0 Å². The molecule has 0 fully saturated rings. The highest BCUT2D eigenvalue weighted by atomic mass is 16.1. The Morgan fingerprint density at radius 3 is 2.17 bits per heavy atom. The van der Waals surface area contributed by atoms with Crippen LogP contribution in [0, 0.1) is 5.41 Å². The first-order valence-electron chi connectivity index (χ1n) is 6.48. The van der Waals surface area contributed by atoms with E-state index in [2.05, 4.69) is 52.0 Å². The molecule has 0 aliphatic carbocycles. The van der Waals surface area contributed by atoms with Gasteiger partial charge in [0.1, 0.15) is 0 Å². The van der Waals surface area contributed by atoms with E-state index in [1.165, 1.54) is 5.56 Å². The molecule has 1 aromatic rings. The number of carbonyl (C=O) groups is 1. The van der Waals surface area contributed by atoms with Gasteiger partial charge in [0.15, 0.2) is 5.78 Å². The van der Waals surface area contributed by atoms with Crippen LogP contribution in [-0.4, -0.2) is 5.78 Å². The highest BCUT2D eigenvalue weighted by Crippen LogP contribution is 2.37. The molecule has 0 heterocycles. The third kappa shape index (κ3) is 4.48. The topological polar surface area (TPSA) is 17.1 Å². The van der Waals surface area contributed by atoms with Gasteiger partial charge < -0.3 is 0 Å². The van der Waals surface area contributed by atoms with Gasteiger partial charge in [-0.15, -0.1) is 0 Å². The number of hydrogen-bond acceptors (Lipinski definition) is 1. The van der Waals surface area contributed by atoms with Crippen LogP contribution < -0.4 is 0 Å². The fourth-order valence-electron chi connectivity index (χ4n) is 2.53. The average Bonchev–Trinajstić information content (AvgIpc) is 2.26. The summed E-state index contributed by atoms with van der Waals surface area (Å²) < 4.78 is 0. The van der Waals surface area contributed by atoms with E-state index in [9.17, 15) is 4.79 Å². The van der Waals surface area contributed by atoms with Crippen LogP contribution in [0.3, 0.4) is 0 Å². The summed E-state index contributed by atoms with van der Waals surface area (Å²) in [4.78, 5) is 11.0.